The highest BCUT2D eigenvalue weighted by Crippen LogP contribution is 2.31. The van der Waals surface area contributed by atoms with E-state index in [0.717, 1.165) is 33.9 Å². The lowest BCUT2D eigenvalue weighted by Gasteiger charge is -2.18. The Bertz CT molecular complexity index is 361. The highest BCUT2D eigenvalue weighted by Gasteiger charge is 2.24. The monoisotopic (exact) mass is 338 g/mol. The van der Waals surface area contributed by atoms with Crippen LogP contribution < -0.4 is 4.90 Å². The van der Waals surface area contributed by atoms with Crippen molar-refractivity contribution in [3.63, 3.8) is 0 Å². The second-order valence-electron chi connectivity index (χ2n) is 3.71. The van der Waals surface area contributed by atoms with Crippen molar-refractivity contribution in [2.75, 3.05) is 24.6 Å². The number of hydrogen-bond acceptors (Lipinski definition) is 3. The fraction of sp³-hybridized carbons (Fsp3) is 0.500. The molecular formula is C10H12ClIN2O. The molecule has 82 valence electrons. The summed E-state index contributed by atoms with van der Waals surface area (Å²) in [5.41, 5.74) is 0. The average molecular weight is 339 g/mol. The SMILES string of the molecule is OC[C@H]1CCN(c2nccc(I)c2Cl)C1. The summed E-state index contributed by atoms with van der Waals surface area (Å²) in [5, 5.41) is 9.79. The maximum atomic E-state index is 9.07. The topological polar surface area (TPSA) is 36.4 Å². The van der Waals surface area contributed by atoms with Crippen molar-refractivity contribution < 1.29 is 5.11 Å². The Morgan fingerprint density at radius 3 is 3.13 bits per heavy atom. The van der Waals surface area contributed by atoms with Crippen molar-refractivity contribution in [2.45, 2.75) is 6.42 Å². The fourth-order valence-electron chi connectivity index (χ4n) is 1.80. The van der Waals surface area contributed by atoms with Crippen LogP contribution in [0.15, 0.2) is 12.3 Å². The van der Waals surface area contributed by atoms with E-state index in [0.29, 0.717) is 5.92 Å². The van der Waals surface area contributed by atoms with Gasteiger partial charge in [0.25, 0.3) is 0 Å². The molecule has 1 aliphatic heterocycles. The van der Waals surface area contributed by atoms with Gasteiger partial charge in [0.05, 0.1) is 5.02 Å². The van der Waals surface area contributed by atoms with E-state index in [9.17, 15) is 0 Å². The lowest BCUT2D eigenvalue weighted by Crippen LogP contribution is -2.22. The minimum Gasteiger partial charge on any atom is -0.396 e. The third-order valence-corrected chi connectivity index (χ3v) is 4.26. The first-order chi connectivity index (χ1) is 7.22. The van der Waals surface area contributed by atoms with Crippen LogP contribution in [0, 0.1) is 9.49 Å². The van der Waals surface area contributed by atoms with Gasteiger partial charge in [-0.25, -0.2) is 4.98 Å². The summed E-state index contributed by atoms with van der Waals surface area (Å²) >= 11 is 8.39. The normalized spacial score (nSPS) is 21.0. The van der Waals surface area contributed by atoms with Crippen LogP contribution in [-0.2, 0) is 0 Å². The van der Waals surface area contributed by atoms with Crippen LogP contribution in [0.25, 0.3) is 0 Å². The minimum atomic E-state index is 0.248. The minimum absolute atomic E-state index is 0.248. The molecule has 1 N–H and O–H groups in total. The standard InChI is InChI=1S/C10H12ClIN2O/c11-9-8(12)1-3-13-10(9)14-4-2-7(5-14)6-15/h1,3,7,15H,2,4-6H2/t7-/m0/s1. The van der Waals surface area contributed by atoms with E-state index in [4.69, 9.17) is 16.7 Å². The molecule has 3 nitrogen and oxygen atoms in total. The number of nitrogens with zero attached hydrogens (tertiary/aromatic N) is 2. The zero-order valence-corrected chi connectivity index (χ0v) is 11.1. The third kappa shape index (κ3) is 2.37. The van der Waals surface area contributed by atoms with E-state index >= 15 is 0 Å². The van der Waals surface area contributed by atoms with Crippen LogP contribution in [0.3, 0.4) is 0 Å². The Hall–Kier alpha value is -0.0700. The summed E-state index contributed by atoms with van der Waals surface area (Å²) in [4.78, 5) is 6.44. The van der Waals surface area contributed by atoms with Gasteiger partial charge in [-0.3, -0.25) is 0 Å². The quantitative estimate of drug-likeness (QED) is 0.840. The van der Waals surface area contributed by atoms with E-state index in [2.05, 4.69) is 32.5 Å². The van der Waals surface area contributed by atoms with Crippen LogP contribution in [0.2, 0.25) is 5.02 Å². The summed E-state index contributed by atoms with van der Waals surface area (Å²) in [5.74, 6) is 1.21. The summed E-state index contributed by atoms with van der Waals surface area (Å²) < 4.78 is 1.02. The molecule has 1 saturated heterocycles. The molecule has 0 unspecified atom stereocenters. The Morgan fingerprint density at radius 2 is 2.47 bits per heavy atom. The van der Waals surface area contributed by atoms with Gasteiger partial charge in [0.15, 0.2) is 0 Å². The van der Waals surface area contributed by atoms with Crippen LogP contribution in [0.4, 0.5) is 5.82 Å². The van der Waals surface area contributed by atoms with Gasteiger partial charge >= 0.3 is 0 Å². The van der Waals surface area contributed by atoms with Gasteiger partial charge in [0.2, 0.25) is 0 Å². The molecule has 1 aromatic rings. The largest absolute Gasteiger partial charge is 0.396 e. The predicted octanol–water partition coefficient (Wildman–Crippen LogP) is 2.16. The predicted molar refractivity (Wildman–Crippen MR) is 69.4 cm³/mol. The van der Waals surface area contributed by atoms with Crippen molar-refractivity contribution in [3.05, 3.63) is 20.9 Å². The summed E-state index contributed by atoms with van der Waals surface area (Å²) in [6.45, 7) is 2.03. The number of aliphatic hydroxyl groups is 1. The molecule has 0 bridgehead atoms. The van der Waals surface area contributed by atoms with Crippen molar-refractivity contribution in [2.24, 2.45) is 5.92 Å². The highest BCUT2D eigenvalue weighted by atomic mass is 127. The maximum Gasteiger partial charge on any atom is 0.148 e. The van der Waals surface area contributed by atoms with Crippen molar-refractivity contribution in [1.82, 2.24) is 4.98 Å². The Kier molecular flexibility index (Phi) is 3.69. The van der Waals surface area contributed by atoms with Gasteiger partial charge in [0, 0.05) is 35.4 Å². The van der Waals surface area contributed by atoms with Crippen LogP contribution in [0.1, 0.15) is 6.42 Å². The molecule has 0 saturated carbocycles. The second-order valence-corrected chi connectivity index (χ2v) is 5.25. The second kappa shape index (κ2) is 4.84. The van der Waals surface area contributed by atoms with E-state index in [-0.39, 0.29) is 6.61 Å². The van der Waals surface area contributed by atoms with E-state index < -0.39 is 0 Å². The molecule has 0 radical (unpaired) electrons. The third-order valence-electron chi connectivity index (χ3n) is 2.67. The van der Waals surface area contributed by atoms with Gasteiger partial charge in [-0.1, -0.05) is 11.6 Å². The number of rotatable bonds is 2. The fourth-order valence-corrected chi connectivity index (χ4v) is 2.44. The zero-order chi connectivity index (χ0) is 10.8. The molecule has 0 aliphatic carbocycles. The van der Waals surface area contributed by atoms with Crippen molar-refractivity contribution in [3.8, 4) is 0 Å². The lowest BCUT2D eigenvalue weighted by molar-refractivity contribution is 0.238. The molecule has 1 aliphatic rings. The molecule has 2 heterocycles. The highest BCUT2D eigenvalue weighted by molar-refractivity contribution is 14.1. The van der Waals surface area contributed by atoms with Gasteiger partial charge in [-0.05, 0) is 35.1 Å². The van der Waals surface area contributed by atoms with Gasteiger partial charge < -0.3 is 10.0 Å². The van der Waals surface area contributed by atoms with Gasteiger partial charge in [-0.15, -0.1) is 0 Å². The lowest BCUT2D eigenvalue weighted by atomic mass is 10.1. The van der Waals surface area contributed by atoms with Crippen LogP contribution >= 0.6 is 34.2 Å². The first-order valence-electron chi connectivity index (χ1n) is 4.88. The molecule has 2 rings (SSSR count). The first-order valence-corrected chi connectivity index (χ1v) is 6.34. The maximum absolute atomic E-state index is 9.07. The Balaban J connectivity index is 2.20. The Labute approximate surface area is 108 Å². The van der Waals surface area contributed by atoms with Crippen LogP contribution in [0.5, 0.6) is 0 Å². The summed E-state index contributed by atoms with van der Waals surface area (Å²) in [6, 6.07) is 1.89. The van der Waals surface area contributed by atoms with Gasteiger partial charge in [-0.2, -0.15) is 0 Å². The number of aliphatic hydroxyl groups excluding tert-OH is 1. The number of anilines is 1. The molecule has 0 spiro atoms. The van der Waals surface area contributed by atoms with E-state index in [1.54, 1.807) is 6.20 Å². The average Bonchev–Trinajstić information content (AvgIpc) is 2.70. The summed E-state index contributed by atoms with van der Waals surface area (Å²) in [6.07, 6.45) is 2.79. The van der Waals surface area contributed by atoms with Gasteiger partial charge in [0.1, 0.15) is 5.82 Å². The number of aromatic nitrogens is 1. The molecule has 0 amide bonds. The molecule has 5 heteroatoms. The van der Waals surface area contributed by atoms with E-state index in [1.807, 2.05) is 6.07 Å². The van der Waals surface area contributed by atoms with Crippen molar-refractivity contribution >= 4 is 40.0 Å². The van der Waals surface area contributed by atoms with E-state index in [1.165, 1.54) is 0 Å². The van der Waals surface area contributed by atoms with Crippen LogP contribution in [-0.4, -0.2) is 29.8 Å². The molecule has 0 aromatic carbocycles. The number of pyridine rings is 1. The van der Waals surface area contributed by atoms with Crippen molar-refractivity contribution in [1.29, 1.82) is 0 Å². The molecular weight excluding hydrogens is 326 g/mol. The first kappa shape index (κ1) is 11.4. The molecule has 15 heavy (non-hydrogen) atoms. The zero-order valence-electron chi connectivity index (χ0n) is 8.16. The molecule has 1 atom stereocenters. The molecule has 1 aromatic heterocycles. The molecule has 1 fully saturated rings. The number of halogens is 2. The summed E-state index contributed by atoms with van der Waals surface area (Å²) in [7, 11) is 0. The number of hydrogen-bond donors (Lipinski definition) is 1. The smallest absolute Gasteiger partial charge is 0.148 e. The Morgan fingerprint density at radius 1 is 1.67 bits per heavy atom.